The first-order chi connectivity index (χ1) is 11.7. The van der Waals surface area contributed by atoms with Crippen LogP contribution in [0.15, 0.2) is 68.7 Å². The van der Waals surface area contributed by atoms with E-state index in [0.29, 0.717) is 11.1 Å². The highest BCUT2D eigenvalue weighted by Gasteiger charge is 2.12. The lowest BCUT2D eigenvalue weighted by atomic mass is 10.2. The van der Waals surface area contributed by atoms with Crippen LogP contribution in [-0.2, 0) is 16.1 Å². The molecule has 0 saturated carbocycles. The quantitative estimate of drug-likeness (QED) is 0.449. The van der Waals surface area contributed by atoms with E-state index in [9.17, 15) is 4.79 Å². The highest BCUT2D eigenvalue weighted by Crippen LogP contribution is 2.24. The molecule has 1 heterocycles. The van der Waals surface area contributed by atoms with E-state index in [2.05, 4.69) is 26.1 Å². The van der Waals surface area contributed by atoms with Gasteiger partial charge < -0.3 is 9.15 Å². The fraction of sp³-hybridized carbons (Fsp3) is 0.118. The summed E-state index contributed by atoms with van der Waals surface area (Å²) in [5.41, 5.74) is 1.77. The van der Waals surface area contributed by atoms with E-state index in [1.807, 2.05) is 54.6 Å². The van der Waals surface area contributed by atoms with E-state index in [1.165, 1.54) is 0 Å². The fourth-order valence-corrected chi connectivity index (χ4v) is 2.70. The fourth-order valence-electron chi connectivity index (χ4n) is 1.88. The molecule has 0 radical (unpaired) electrons. The molecule has 5 nitrogen and oxygen atoms in total. The Labute approximate surface area is 151 Å². The Morgan fingerprint density at radius 2 is 1.83 bits per heavy atom. The molecule has 0 unspecified atom stereocenters. The van der Waals surface area contributed by atoms with Gasteiger partial charge in [-0.1, -0.05) is 58.0 Å². The van der Waals surface area contributed by atoms with Crippen molar-refractivity contribution >= 4 is 33.7 Å². The molecule has 0 aliphatic heterocycles. The van der Waals surface area contributed by atoms with Gasteiger partial charge in [0.25, 0.3) is 5.22 Å². The lowest BCUT2D eigenvalue weighted by molar-refractivity contribution is -0.141. The number of halogens is 1. The smallest absolute Gasteiger partial charge is 0.316 e. The Morgan fingerprint density at radius 3 is 2.58 bits per heavy atom. The van der Waals surface area contributed by atoms with Gasteiger partial charge in [-0.2, -0.15) is 0 Å². The van der Waals surface area contributed by atoms with Gasteiger partial charge >= 0.3 is 5.97 Å². The Balaban J connectivity index is 1.50. The van der Waals surface area contributed by atoms with Crippen LogP contribution in [0.4, 0.5) is 0 Å². The van der Waals surface area contributed by atoms with Crippen LogP contribution in [0.25, 0.3) is 11.5 Å². The van der Waals surface area contributed by atoms with Gasteiger partial charge in [0.2, 0.25) is 5.89 Å². The van der Waals surface area contributed by atoms with E-state index in [-0.39, 0.29) is 18.3 Å². The zero-order chi connectivity index (χ0) is 16.8. The second-order valence-corrected chi connectivity index (χ2v) is 6.66. The summed E-state index contributed by atoms with van der Waals surface area (Å²) < 4.78 is 11.7. The van der Waals surface area contributed by atoms with Crippen LogP contribution < -0.4 is 0 Å². The number of carbonyl (C=O) groups excluding carboxylic acids is 1. The summed E-state index contributed by atoms with van der Waals surface area (Å²) in [7, 11) is 0. The molecule has 1 aromatic heterocycles. The second kappa shape index (κ2) is 8.12. The maximum absolute atomic E-state index is 11.8. The Kier molecular flexibility index (Phi) is 5.66. The first kappa shape index (κ1) is 16.7. The number of esters is 1. The average molecular weight is 405 g/mol. The number of hydrogen-bond donors (Lipinski definition) is 0. The summed E-state index contributed by atoms with van der Waals surface area (Å²) >= 11 is 4.53. The van der Waals surface area contributed by atoms with Gasteiger partial charge in [-0.05, 0) is 29.8 Å². The third-order valence-electron chi connectivity index (χ3n) is 3.05. The SMILES string of the molecule is O=C(CSc1nnc(-c2ccc(Br)cc2)o1)OCc1ccccc1. The topological polar surface area (TPSA) is 65.2 Å². The number of thioether (sulfide) groups is 1. The van der Waals surface area contributed by atoms with E-state index in [0.717, 1.165) is 27.4 Å². The van der Waals surface area contributed by atoms with Crippen molar-refractivity contribution in [2.45, 2.75) is 11.8 Å². The molecule has 0 spiro atoms. The predicted molar refractivity (Wildman–Crippen MR) is 94.4 cm³/mol. The maximum Gasteiger partial charge on any atom is 0.316 e. The molecule has 2 aromatic carbocycles. The summed E-state index contributed by atoms with van der Waals surface area (Å²) in [6, 6.07) is 17.1. The molecular weight excluding hydrogens is 392 g/mol. The van der Waals surface area contributed by atoms with Gasteiger partial charge in [0.1, 0.15) is 12.4 Å². The molecular formula is C17H13BrN2O3S. The molecule has 3 aromatic rings. The number of nitrogens with zero attached hydrogens (tertiary/aromatic N) is 2. The standard InChI is InChI=1S/C17H13BrN2O3S/c18-14-8-6-13(7-9-14)16-19-20-17(23-16)24-11-15(21)22-10-12-4-2-1-3-5-12/h1-9H,10-11H2. The molecule has 24 heavy (non-hydrogen) atoms. The molecule has 0 atom stereocenters. The first-order valence-electron chi connectivity index (χ1n) is 7.12. The normalized spacial score (nSPS) is 10.5. The zero-order valence-corrected chi connectivity index (χ0v) is 14.9. The van der Waals surface area contributed by atoms with E-state index >= 15 is 0 Å². The Morgan fingerprint density at radius 1 is 1.08 bits per heavy atom. The number of rotatable bonds is 6. The van der Waals surface area contributed by atoms with Gasteiger partial charge in [-0.25, -0.2) is 0 Å². The van der Waals surface area contributed by atoms with Gasteiger partial charge in [-0.3, -0.25) is 4.79 Å². The van der Waals surface area contributed by atoms with Crippen molar-refractivity contribution in [3.63, 3.8) is 0 Å². The van der Waals surface area contributed by atoms with Crippen molar-refractivity contribution < 1.29 is 13.9 Å². The monoisotopic (exact) mass is 404 g/mol. The van der Waals surface area contributed by atoms with Gasteiger partial charge in [0, 0.05) is 10.0 Å². The van der Waals surface area contributed by atoms with Crippen molar-refractivity contribution in [2.24, 2.45) is 0 Å². The van der Waals surface area contributed by atoms with E-state index in [4.69, 9.17) is 9.15 Å². The summed E-state index contributed by atoms with van der Waals surface area (Å²) in [6.07, 6.45) is 0. The Hall–Kier alpha value is -2.12. The van der Waals surface area contributed by atoms with Crippen LogP contribution in [0.5, 0.6) is 0 Å². The minimum absolute atomic E-state index is 0.120. The summed E-state index contributed by atoms with van der Waals surface area (Å²) in [5, 5.41) is 8.25. The minimum Gasteiger partial charge on any atom is -0.460 e. The maximum atomic E-state index is 11.8. The molecule has 0 bridgehead atoms. The van der Waals surface area contributed by atoms with Crippen molar-refractivity contribution in [1.29, 1.82) is 0 Å². The molecule has 0 N–H and O–H groups in total. The number of ether oxygens (including phenoxy) is 1. The number of benzene rings is 2. The van der Waals surface area contributed by atoms with Crippen LogP contribution >= 0.6 is 27.7 Å². The summed E-state index contributed by atoms with van der Waals surface area (Å²) in [6.45, 7) is 0.258. The van der Waals surface area contributed by atoms with Gasteiger partial charge in [0.05, 0.1) is 0 Å². The predicted octanol–water partition coefficient (Wildman–Crippen LogP) is 4.33. The molecule has 122 valence electrons. The highest BCUT2D eigenvalue weighted by molar-refractivity contribution is 9.10. The number of hydrogen-bond acceptors (Lipinski definition) is 6. The highest BCUT2D eigenvalue weighted by atomic mass is 79.9. The number of carbonyl (C=O) groups is 1. The van der Waals surface area contributed by atoms with Crippen LogP contribution in [0.1, 0.15) is 5.56 Å². The third kappa shape index (κ3) is 4.69. The molecule has 0 amide bonds. The lowest BCUT2D eigenvalue weighted by Gasteiger charge is -2.03. The van der Waals surface area contributed by atoms with Crippen LogP contribution in [-0.4, -0.2) is 21.9 Å². The lowest BCUT2D eigenvalue weighted by Crippen LogP contribution is -2.07. The van der Waals surface area contributed by atoms with Crippen molar-refractivity contribution in [2.75, 3.05) is 5.75 Å². The van der Waals surface area contributed by atoms with E-state index < -0.39 is 0 Å². The van der Waals surface area contributed by atoms with E-state index in [1.54, 1.807) is 0 Å². The third-order valence-corrected chi connectivity index (χ3v) is 4.37. The molecule has 0 aliphatic rings. The van der Waals surface area contributed by atoms with Gasteiger partial charge in [0.15, 0.2) is 0 Å². The largest absolute Gasteiger partial charge is 0.460 e. The molecule has 0 saturated heterocycles. The Bertz CT molecular complexity index is 806. The average Bonchev–Trinajstić information content (AvgIpc) is 3.09. The summed E-state index contributed by atoms with van der Waals surface area (Å²) in [4.78, 5) is 11.8. The molecule has 0 fully saturated rings. The van der Waals surface area contributed by atoms with Crippen LogP contribution in [0, 0.1) is 0 Å². The second-order valence-electron chi connectivity index (χ2n) is 4.81. The minimum atomic E-state index is -0.327. The van der Waals surface area contributed by atoms with Crippen molar-refractivity contribution in [3.8, 4) is 11.5 Å². The molecule has 7 heteroatoms. The van der Waals surface area contributed by atoms with Crippen LogP contribution in [0.3, 0.4) is 0 Å². The first-order valence-corrected chi connectivity index (χ1v) is 8.90. The molecule has 3 rings (SSSR count). The van der Waals surface area contributed by atoms with Crippen molar-refractivity contribution in [3.05, 3.63) is 64.6 Å². The number of aromatic nitrogens is 2. The summed E-state index contributed by atoms with van der Waals surface area (Å²) in [5.74, 6) is 0.212. The van der Waals surface area contributed by atoms with Crippen molar-refractivity contribution in [1.82, 2.24) is 10.2 Å². The molecule has 0 aliphatic carbocycles. The zero-order valence-electron chi connectivity index (χ0n) is 12.5. The van der Waals surface area contributed by atoms with Gasteiger partial charge in [-0.15, -0.1) is 10.2 Å². The van der Waals surface area contributed by atoms with Crippen LogP contribution in [0.2, 0.25) is 0 Å².